The Hall–Kier alpha value is -2.47. The normalized spacial score (nSPS) is 26.8. The van der Waals surface area contributed by atoms with Gasteiger partial charge >= 0.3 is 0 Å². The highest BCUT2D eigenvalue weighted by Gasteiger charge is 2.55. The molecule has 0 aliphatic carbocycles. The SMILES string of the molecule is OC12c3ccccc3C(Cc3ccco3)N1COCC2CCc1cccnc1. The fourth-order valence-corrected chi connectivity index (χ4v) is 4.75. The predicted molar refractivity (Wildman–Crippen MR) is 104 cm³/mol. The minimum Gasteiger partial charge on any atom is -0.469 e. The molecule has 0 spiro atoms. The van der Waals surface area contributed by atoms with Gasteiger partial charge in [-0.05, 0) is 42.2 Å². The molecule has 3 atom stereocenters. The molecule has 0 bridgehead atoms. The average molecular weight is 376 g/mol. The second kappa shape index (κ2) is 7.17. The van der Waals surface area contributed by atoms with Crippen LogP contribution in [0, 0.1) is 5.92 Å². The first-order chi connectivity index (χ1) is 13.8. The van der Waals surface area contributed by atoms with E-state index in [9.17, 15) is 5.11 Å². The number of aromatic nitrogens is 1. The van der Waals surface area contributed by atoms with E-state index in [1.165, 1.54) is 11.1 Å². The number of furan rings is 1. The van der Waals surface area contributed by atoms with Gasteiger partial charge in [-0.3, -0.25) is 4.98 Å². The number of aryl methyl sites for hydroxylation is 1. The fourth-order valence-electron chi connectivity index (χ4n) is 4.75. The van der Waals surface area contributed by atoms with Gasteiger partial charge in [0.25, 0.3) is 0 Å². The van der Waals surface area contributed by atoms with Gasteiger partial charge in [-0.25, -0.2) is 4.90 Å². The van der Waals surface area contributed by atoms with E-state index in [0.29, 0.717) is 19.8 Å². The van der Waals surface area contributed by atoms with Crippen molar-refractivity contribution in [1.29, 1.82) is 0 Å². The summed E-state index contributed by atoms with van der Waals surface area (Å²) in [5.74, 6) is 0.908. The van der Waals surface area contributed by atoms with Crippen LogP contribution in [0.2, 0.25) is 0 Å². The Kier molecular flexibility index (Phi) is 4.51. The van der Waals surface area contributed by atoms with Gasteiger partial charge in [0.1, 0.15) is 12.5 Å². The molecule has 4 heterocycles. The van der Waals surface area contributed by atoms with Crippen molar-refractivity contribution in [1.82, 2.24) is 9.88 Å². The first kappa shape index (κ1) is 17.6. The molecule has 1 aromatic carbocycles. The number of nitrogens with zero attached hydrogens (tertiary/aromatic N) is 2. The lowest BCUT2D eigenvalue weighted by atomic mass is 9.84. The van der Waals surface area contributed by atoms with Crippen LogP contribution >= 0.6 is 0 Å². The summed E-state index contributed by atoms with van der Waals surface area (Å²) in [7, 11) is 0. The number of aliphatic hydroxyl groups is 1. The molecule has 0 radical (unpaired) electrons. The van der Waals surface area contributed by atoms with Crippen molar-refractivity contribution < 1.29 is 14.3 Å². The second-order valence-corrected chi connectivity index (χ2v) is 7.68. The molecule has 0 amide bonds. The third-order valence-electron chi connectivity index (χ3n) is 6.13. The zero-order valence-electron chi connectivity index (χ0n) is 15.7. The third kappa shape index (κ3) is 2.87. The summed E-state index contributed by atoms with van der Waals surface area (Å²) in [5.41, 5.74) is 2.33. The lowest BCUT2D eigenvalue weighted by molar-refractivity contribution is -0.248. The number of rotatable bonds is 5. The van der Waals surface area contributed by atoms with Crippen LogP contribution in [0.15, 0.2) is 71.6 Å². The van der Waals surface area contributed by atoms with E-state index in [2.05, 4.69) is 28.1 Å². The van der Waals surface area contributed by atoms with Crippen molar-refractivity contribution >= 4 is 0 Å². The van der Waals surface area contributed by atoms with Gasteiger partial charge in [0, 0.05) is 36.3 Å². The first-order valence-electron chi connectivity index (χ1n) is 9.84. The molecule has 2 aliphatic heterocycles. The molecule has 0 saturated carbocycles. The molecule has 2 aromatic heterocycles. The first-order valence-corrected chi connectivity index (χ1v) is 9.84. The maximum atomic E-state index is 12.0. The Bertz CT molecular complexity index is 928. The van der Waals surface area contributed by atoms with Crippen LogP contribution in [0.1, 0.15) is 34.9 Å². The van der Waals surface area contributed by atoms with Crippen LogP contribution < -0.4 is 0 Å². The predicted octanol–water partition coefficient (Wildman–Crippen LogP) is 3.66. The molecular weight excluding hydrogens is 352 g/mol. The molecule has 5 heteroatoms. The van der Waals surface area contributed by atoms with Crippen LogP contribution in [0.4, 0.5) is 0 Å². The number of fused-ring (bicyclic) bond motifs is 3. The van der Waals surface area contributed by atoms with Crippen molar-refractivity contribution in [3.63, 3.8) is 0 Å². The summed E-state index contributed by atoms with van der Waals surface area (Å²) in [4.78, 5) is 6.32. The van der Waals surface area contributed by atoms with E-state index in [-0.39, 0.29) is 12.0 Å². The molecule has 1 fully saturated rings. The van der Waals surface area contributed by atoms with Gasteiger partial charge in [0.05, 0.1) is 12.9 Å². The Balaban J connectivity index is 1.47. The topological polar surface area (TPSA) is 58.7 Å². The van der Waals surface area contributed by atoms with E-state index in [0.717, 1.165) is 24.2 Å². The van der Waals surface area contributed by atoms with E-state index < -0.39 is 5.72 Å². The molecule has 2 aliphatic rings. The Morgan fingerprint density at radius 2 is 2.07 bits per heavy atom. The fraction of sp³-hybridized carbons (Fsp3) is 0.348. The number of ether oxygens (including phenoxy) is 1. The van der Waals surface area contributed by atoms with Crippen LogP contribution in [-0.4, -0.2) is 28.3 Å². The largest absolute Gasteiger partial charge is 0.469 e. The molecule has 3 aromatic rings. The van der Waals surface area contributed by atoms with Crippen LogP contribution in [0.25, 0.3) is 0 Å². The summed E-state index contributed by atoms with van der Waals surface area (Å²) in [5, 5.41) is 12.0. The second-order valence-electron chi connectivity index (χ2n) is 7.68. The van der Waals surface area contributed by atoms with Crippen molar-refractivity contribution in [2.24, 2.45) is 5.92 Å². The van der Waals surface area contributed by atoms with Gasteiger partial charge in [0.15, 0.2) is 5.72 Å². The highest BCUT2D eigenvalue weighted by Crippen LogP contribution is 2.52. The summed E-state index contributed by atoms with van der Waals surface area (Å²) in [6, 6.07) is 16.2. The lowest BCUT2D eigenvalue weighted by Gasteiger charge is -2.46. The maximum absolute atomic E-state index is 12.0. The van der Waals surface area contributed by atoms with Gasteiger partial charge in [0.2, 0.25) is 0 Å². The molecule has 1 saturated heterocycles. The molecule has 5 rings (SSSR count). The van der Waals surface area contributed by atoms with Crippen molar-refractivity contribution in [2.45, 2.75) is 31.0 Å². The number of benzene rings is 1. The van der Waals surface area contributed by atoms with Crippen LogP contribution in [0.3, 0.4) is 0 Å². The molecule has 144 valence electrons. The summed E-state index contributed by atoms with van der Waals surface area (Å²) in [6.07, 6.45) is 7.79. The average Bonchev–Trinajstić information content (AvgIpc) is 3.33. The van der Waals surface area contributed by atoms with Crippen molar-refractivity contribution in [3.8, 4) is 0 Å². The standard InChI is InChI=1S/C23H24N2O3/c26-23-18(10-9-17-5-3-11-24-14-17)15-27-16-25(23)22(13-19-6-4-12-28-19)20-7-1-2-8-21(20)23/h1-8,11-12,14,18,22,26H,9-10,13,15-16H2. The highest BCUT2D eigenvalue weighted by molar-refractivity contribution is 5.41. The summed E-state index contributed by atoms with van der Waals surface area (Å²) >= 11 is 0. The molecule has 3 unspecified atom stereocenters. The monoisotopic (exact) mass is 376 g/mol. The molecule has 1 N–H and O–H groups in total. The smallest absolute Gasteiger partial charge is 0.152 e. The van der Waals surface area contributed by atoms with Gasteiger partial charge < -0.3 is 14.3 Å². The minimum atomic E-state index is -1.02. The number of pyridine rings is 1. The zero-order valence-corrected chi connectivity index (χ0v) is 15.7. The molecular formula is C23H24N2O3. The van der Waals surface area contributed by atoms with Crippen LogP contribution in [-0.2, 0) is 23.3 Å². The quantitative estimate of drug-likeness (QED) is 0.736. The highest BCUT2D eigenvalue weighted by atomic mass is 16.5. The Morgan fingerprint density at radius 1 is 1.14 bits per heavy atom. The van der Waals surface area contributed by atoms with Gasteiger partial charge in [-0.2, -0.15) is 0 Å². The Morgan fingerprint density at radius 3 is 2.89 bits per heavy atom. The molecule has 5 nitrogen and oxygen atoms in total. The lowest BCUT2D eigenvalue weighted by Crippen LogP contribution is -2.54. The minimum absolute atomic E-state index is 0.00999. The Labute approximate surface area is 164 Å². The molecule has 28 heavy (non-hydrogen) atoms. The van der Waals surface area contributed by atoms with E-state index in [1.54, 1.807) is 12.5 Å². The van der Waals surface area contributed by atoms with Gasteiger partial charge in [-0.1, -0.05) is 30.3 Å². The maximum Gasteiger partial charge on any atom is 0.152 e. The number of hydrogen-bond donors (Lipinski definition) is 1. The third-order valence-corrected chi connectivity index (χ3v) is 6.13. The van der Waals surface area contributed by atoms with Crippen molar-refractivity contribution in [2.75, 3.05) is 13.3 Å². The van der Waals surface area contributed by atoms with Gasteiger partial charge in [-0.15, -0.1) is 0 Å². The zero-order chi connectivity index (χ0) is 19.0. The summed E-state index contributed by atoms with van der Waals surface area (Å²) in [6.45, 7) is 0.967. The van der Waals surface area contributed by atoms with E-state index >= 15 is 0 Å². The number of hydrogen-bond acceptors (Lipinski definition) is 5. The van der Waals surface area contributed by atoms with E-state index in [4.69, 9.17) is 9.15 Å². The summed E-state index contributed by atoms with van der Waals surface area (Å²) < 4.78 is 11.5. The van der Waals surface area contributed by atoms with Crippen LogP contribution in [0.5, 0.6) is 0 Å². The van der Waals surface area contributed by atoms with E-state index in [1.807, 2.05) is 36.5 Å². The van der Waals surface area contributed by atoms with Crippen molar-refractivity contribution in [3.05, 3.63) is 89.6 Å².